The Hall–Kier alpha value is -3.21. The van der Waals surface area contributed by atoms with E-state index in [1.54, 1.807) is 11.0 Å². The number of anilines is 1. The number of nitrogens with zero attached hydrogens (tertiary/aromatic N) is 5. The molecule has 0 aliphatic heterocycles. The van der Waals surface area contributed by atoms with Gasteiger partial charge in [-0.1, -0.05) is 60.7 Å². The van der Waals surface area contributed by atoms with Crippen LogP contribution in [0.5, 0.6) is 0 Å². The topological polar surface area (TPSA) is 46.8 Å². The van der Waals surface area contributed by atoms with E-state index >= 15 is 0 Å². The molecule has 0 radical (unpaired) electrons. The fourth-order valence-electron chi connectivity index (χ4n) is 3.01. The highest BCUT2D eigenvalue weighted by Crippen LogP contribution is 2.25. The summed E-state index contributed by atoms with van der Waals surface area (Å²) in [6.45, 7) is 1.55. The molecule has 5 heteroatoms. The Morgan fingerprint density at radius 2 is 1.44 bits per heavy atom. The van der Waals surface area contributed by atoms with Crippen molar-refractivity contribution in [1.82, 2.24) is 19.7 Å². The summed E-state index contributed by atoms with van der Waals surface area (Å²) in [5.41, 5.74) is 3.33. The first-order valence-electron chi connectivity index (χ1n) is 8.27. The molecule has 0 N–H and O–H groups in total. The molecule has 2 aromatic carbocycles. The van der Waals surface area contributed by atoms with Crippen molar-refractivity contribution >= 4 is 16.9 Å². The maximum atomic E-state index is 4.57. The fourth-order valence-corrected chi connectivity index (χ4v) is 3.01. The van der Waals surface area contributed by atoms with E-state index in [2.05, 4.69) is 68.5 Å². The lowest BCUT2D eigenvalue weighted by atomic mass is 10.1. The molecule has 0 atom stereocenters. The van der Waals surface area contributed by atoms with Gasteiger partial charge in [-0.25, -0.2) is 9.97 Å². The fraction of sp³-hybridized carbons (Fsp3) is 0.150. The van der Waals surface area contributed by atoms with Crippen molar-refractivity contribution in [3.05, 3.63) is 84.3 Å². The molecule has 5 nitrogen and oxygen atoms in total. The van der Waals surface area contributed by atoms with Gasteiger partial charge in [-0.15, -0.1) is 0 Å². The van der Waals surface area contributed by atoms with E-state index in [4.69, 9.17) is 0 Å². The molecule has 0 fully saturated rings. The van der Waals surface area contributed by atoms with Gasteiger partial charge in [0, 0.05) is 20.1 Å². The molecule has 124 valence electrons. The van der Waals surface area contributed by atoms with E-state index in [9.17, 15) is 0 Å². The molecule has 0 spiro atoms. The molecular weight excluding hydrogens is 310 g/mol. The predicted octanol–water partition coefficient (Wildman–Crippen LogP) is 3.57. The molecule has 2 aromatic heterocycles. The SMILES string of the molecule is Cn1ncc2c(N(Cc3ccccc3)Cc3ccccc3)ncnc21. The van der Waals surface area contributed by atoms with Gasteiger partial charge in [0.2, 0.25) is 0 Å². The molecule has 0 amide bonds. The normalized spacial score (nSPS) is 10.9. The average molecular weight is 329 g/mol. The van der Waals surface area contributed by atoms with Crippen molar-refractivity contribution in [3.63, 3.8) is 0 Å². The standard InChI is InChI=1S/C20H19N5/c1-24-19-18(12-23-24)20(22-15-21-19)25(13-16-8-4-2-5-9-16)14-17-10-6-3-7-11-17/h2-12,15H,13-14H2,1H3. The van der Waals surface area contributed by atoms with Gasteiger partial charge in [0.25, 0.3) is 0 Å². The second-order valence-corrected chi connectivity index (χ2v) is 6.03. The van der Waals surface area contributed by atoms with Gasteiger partial charge < -0.3 is 4.90 Å². The van der Waals surface area contributed by atoms with Crippen molar-refractivity contribution in [2.24, 2.45) is 7.05 Å². The van der Waals surface area contributed by atoms with Crippen LogP contribution in [0, 0.1) is 0 Å². The maximum absolute atomic E-state index is 4.57. The van der Waals surface area contributed by atoms with Crippen LogP contribution in [0.2, 0.25) is 0 Å². The summed E-state index contributed by atoms with van der Waals surface area (Å²) >= 11 is 0. The molecule has 0 aliphatic carbocycles. The Kier molecular flexibility index (Phi) is 4.12. The van der Waals surface area contributed by atoms with Crippen LogP contribution in [0.4, 0.5) is 5.82 Å². The van der Waals surface area contributed by atoms with Crippen LogP contribution in [-0.4, -0.2) is 19.7 Å². The van der Waals surface area contributed by atoms with Crippen LogP contribution in [0.25, 0.3) is 11.0 Å². The maximum Gasteiger partial charge on any atom is 0.163 e. The Morgan fingerprint density at radius 1 is 0.840 bits per heavy atom. The molecule has 4 rings (SSSR count). The number of hydrogen-bond donors (Lipinski definition) is 0. The van der Waals surface area contributed by atoms with Crippen molar-refractivity contribution < 1.29 is 0 Å². The molecular formula is C20H19N5. The van der Waals surface area contributed by atoms with Crippen LogP contribution >= 0.6 is 0 Å². The summed E-state index contributed by atoms with van der Waals surface area (Å²) < 4.78 is 1.78. The summed E-state index contributed by atoms with van der Waals surface area (Å²) in [5.74, 6) is 0.908. The van der Waals surface area contributed by atoms with E-state index in [-0.39, 0.29) is 0 Å². The van der Waals surface area contributed by atoms with E-state index in [0.29, 0.717) is 0 Å². The van der Waals surface area contributed by atoms with Gasteiger partial charge in [-0.05, 0) is 11.1 Å². The monoisotopic (exact) mass is 329 g/mol. The number of rotatable bonds is 5. The third-order valence-corrected chi connectivity index (χ3v) is 4.24. The number of benzene rings is 2. The number of fused-ring (bicyclic) bond motifs is 1. The van der Waals surface area contributed by atoms with E-state index in [1.165, 1.54) is 11.1 Å². The molecule has 2 heterocycles. The van der Waals surface area contributed by atoms with Gasteiger partial charge in [0.1, 0.15) is 12.1 Å². The van der Waals surface area contributed by atoms with Crippen molar-refractivity contribution in [3.8, 4) is 0 Å². The van der Waals surface area contributed by atoms with Gasteiger partial charge in [0.05, 0.1) is 11.6 Å². The largest absolute Gasteiger partial charge is 0.347 e. The molecule has 0 saturated carbocycles. The van der Waals surface area contributed by atoms with Crippen LogP contribution in [0.15, 0.2) is 73.2 Å². The molecule has 0 saturated heterocycles. The highest BCUT2D eigenvalue weighted by molar-refractivity contribution is 5.86. The lowest BCUT2D eigenvalue weighted by molar-refractivity contribution is 0.778. The average Bonchev–Trinajstić information content (AvgIpc) is 3.04. The number of aromatic nitrogens is 4. The summed E-state index contributed by atoms with van der Waals surface area (Å²) in [4.78, 5) is 11.2. The minimum absolute atomic E-state index is 0.775. The van der Waals surface area contributed by atoms with Crippen molar-refractivity contribution in [1.29, 1.82) is 0 Å². The van der Waals surface area contributed by atoms with Crippen LogP contribution in [-0.2, 0) is 20.1 Å². The quantitative estimate of drug-likeness (QED) is 0.561. The van der Waals surface area contributed by atoms with Gasteiger partial charge in [0.15, 0.2) is 5.65 Å². The first-order chi connectivity index (χ1) is 12.3. The Bertz CT molecular complexity index is 922. The summed E-state index contributed by atoms with van der Waals surface area (Å²) in [5, 5.41) is 5.31. The van der Waals surface area contributed by atoms with E-state index in [1.807, 2.05) is 25.4 Å². The molecule has 25 heavy (non-hydrogen) atoms. The second kappa shape index (κ2) is 6.73. The minimum Gasteiger partial charge on any atom is -0.347 e. The zero-order valence-corrected chi connectivity index (χ0v) is 14.1. The van der Waals surface area contributed by atoms with Crippen LogP contribution in [0.3, 0.4) is 0 Å². The minimum atomic E-state index is 0.775. The summed E-state index contributed by atoms with van der Waals surface area (Å²) in [6, 6.07) is 20.9. The van der Waals surface area contributed by atoms with Gasteiger partial charge >= 0.3 is 0 Å². The second-order valence-electron chi connectivity index (χ2n) is 6.03. The van der Waals surface area contributed by atoms with Crippen molar-refractivity contribution in [2.45, 2.75) is 13.1 Å². The lowest BCUT2D eigenvalue weighted by Crippen LogP contribution is -2.23. The summed E-state index contributed by atoms with van der Waals surface area (Å²) in [7, 11) is 1.90. The Labute approximate surface area is 146 Å². The van der Waals surface area contributed by atoms with E-state index in [0.717, 1.165) is 29.9 Å². The van der Waals surface area contributed by atoms with Crippen LogP contribution < -0.4 is 4.90 Å². The number of aryl methyl sites for hydroxylation is 1. The number of hydrogen-bond acceptors (Lipinski definition) is 4. The zero-order chi connectivity index (χ0) is 17.1. The van der Waals surface area contributed by atoms with E-state index < -0.39 is 0 Å². The third kappa shape index (κ3) is 3.21. The molecule has 4 aromatic rings. The van der Waals surface area contributed by atoms with Crippen LogP contribution in [0.1, 0.15) is 11.1 Å². The van der Waals surface area contributed by atoms with Gasteiger partial charge in [-0.3, -0.25) is 4.68 Å². The smallest absolute Gasteiger partial charge is 0.163 e. The molecule has 0 unspecified atom stereocenters. The third-order valence-electron chi connectivity index (χ3n) is 4.24. The predicted molar refractivity (Wildman–Crippen MR) is 99.1 cm³/mol. The Balaban J connectivity index is 1.76. The lowest BCUT2D eigenvalue weighted by Gasteiger charge is -2.24. The van der Waals surface area contributed by atoms with Gasteiger partial charge in [-0.2, -0.15) is 5.10 Å². The highest BCUT2D eigenvalue weighted by atomic mass is 15.3. The van der Waals surface area contributed by atoms with Crippen molar-refractivity contribution in [2.75, 3.05) is 4.90 Å². The Morgan fingerprint density at radius 3 is 2.04 bits per heavy atom. The summed E-state index contributed by atoms with van der Waals surface area (Å²) in [6.07, 6.45) is 3.45. The molecule has 0 aliphatic rings. The molecule has 0 bridgehead atoms. The first-order valence-corrected chi connectivity index (χ1v) is 8.27. The first kappa shape index (κ1) is 15.3. The highest BCUT2D eigenvalue weighted by Gasteiger charge is 2.15. The zero-order valence-electron chi connectivity index (χ0n) is 14.1.